The molecule has 4 heterocycles. The van der Waals surface area contributed by atoms with Gasteiger partial charge in [-0.25, -0.2) is 18.7 Å². The van der Waals surface area contributed by atoms with E-state index in [1.165, 1.54) is 43.8 Å². The maximum absolute atomic E-state index is 13.3. The number of aromatic nitrogens is 6. The number of benzene rings is 1. The van der Waals surface area contributed by atoms with E-state index in [-0.39, 0.29) is 22.0 Å². The fourth-order valence-corrected chi connectivity index (χ4v) is 4.46. The Morgan fingerprint density at radius 3 is 2.66 bits per heavy atom. The predicted molar refractivity (Wildman–Crippen MR) is 139 cm³/mol. The Kier molecular flexibility index (Phi) is 6.95. The van der Waals surface area contributed by atoms with Crippen LogP contribution in [0.25, 0.3) is 21.6 Å². The summed E-state index contributed by atoms with van der Waals surface area (Å²) in [5.41, 5.74) is 2.45. The van der Waals surface area contributed by atoms with Crippen LogP contribution in [-0.2, 0) is 0 Å². The minimum Gasteiger partial charge on any atom is -0.494 e. The van der Waals surface area contributed by atoms with E-state index in [0.29, 0.717) is 32.5 Å². The quantitative estimate of drug-likeness (QED) is 0.279. The topological polar surface area (TPSA) is 119 Å². The number of pyridine rings is 1. The molecule has 5 aromatic rings. The van der Waals surface area contributed by atoms with Crippen molar-refractivity contribution in [2.24, 2.45) is 0 Å². The Hall–Kier alpha value is -4.47. The van der Waals surface area contributed by atoms with E-state index in [9.17, 15) is 13.6 Å². The molecule has 0 radical (unpaired) electrons. The predicted octanol–water partition coefficient (Wildman–Crippen LogP) is 5.43. The zero-order valence-electron chi connectivity index (χ0n) is 19.7. The zero-order valence-corrected chi connectivity index (χ0v) is 21.3. The lowest BCUT2D eigenvalue weighted by atomic mass is 9.98. The van der Waals surface area contributed by atoms with Crippen molar-refractivity contribution in [1.82, 2.24) is 30.1 Å². The molecule has 1 aromatic carbocycles. The van der Waals surface area contributed by atoms with Crippen LogP contribution in [0.1, 0.15) is 39.6 Å². The number of halogens is 3. The van der Waals surface area contributed by atoms with Crippen LogP contribution in [0.4, 0.5) is 13.9 Å². The van der Waals surface area contributed by atoms with Crippen LogP contribution in [0, 0.1) is 18.8 Å². The summed E-state index contributed by atoms with van der Waals surface area (Å²) in [6.45, 7) is 1.87. The molecule has 0 aliphatic rings. The van der Waals surface area contributed by atoms with Crippen molar-refractivity contribution in [3.05, 3.63) is 76.1 Å². The van der Waals surface area contributed by atoms with Crippen LogP contribution in [0.2, 0.25) is 5.02 Å². The number of ether oxygens (including phenoxy) is 1. The first-order chi connectivity index (χ1) is 18.3. The van der Waals surface area contributed by atoms with Crippen LogP contribution >= 0.6 is 22.9 Å². The summed E-state index contributed by atoms with van der Waals surface area (Å²) >= 11 is 7.30. The van der Waals surface area contributed by atoms with Crippen molar-refractivity contribution < 1.29 is 18.3 Å². The van der Waals surface area contributed by atoms with Crippen molar-refractivity contribution in [2.45, 2.75) is 13.3 Å². The fourth-order valence-electron chi connectivity index (χ4n) is 3.50. The highest BCUT2D eigenvalue weighted by atomic mass is 35.5. The molecule has 0 saturated carbocycles. The number of hydrogen-bond donors (Lipinski definition) is 2. The number of rotatable bonds is 5. The molecule has 190 valence electrons. The van der Waals surface area contributed by atoms with Gasteiger partial charge in [-0.1, -0.05) is 22.9 Å². The molecule has 0 spiro atoms. The lowest BCUT2D eigenvalue weighted by Crippen LogP contribution is -2.13. The molecular weight excluding hydrogens is 536 g/mol. The second-order valence-corrected chi connectivity index (χ2v) is 9.26. The summed E-state index contributed by atoms with van der Waals surface area (Å²) in [4.78, 5) is 30.5. The zero-order chi connectivity index (χ0) is 26.8. The first-order valence-corrected chi connectivity index (χ1v) is 12.1. The number of carbonyl (C=O) groups is 1. The number of alkyl halides is 2. The van der Waals surface area contributed by atoms with Gasteiger partial charge in [0.15, 0.2) is 15.6 Å². The van der Waals surface area contributed by atoms with E-state index in [1.807, 2.05) is 6.92 Å². The maximum atomic E-state index is 13.3. The molecule has 9 nitrogen and oxygen atoms in total. The molecule has 0 atom stereocenters. The lowest BCUT2D eigenvalue weighted by Gasteiger charge is -2.14. The SMILES string of the molecule is COc1cnc(C(F)F)cc1-c1cc(Cl)ccc1C(=O)Nc1nc2ncc(C#Cc3cc(C)[nH]n3)nc2s1. The molecule has 0 fully saturated rings. The number of aromatic amines is 1. The Morgan fingerprint density at radius 2 is 1.92 bits per heavy atom. The number of nitrogens with zero attached hydrogens (tertiary/aromatic N) is 5. The van der Waals surface area contributed by atoms with E-state index in [0.717, 1.165) is 17.0 Å². The summed E-state index contributed by atoms with van der Waals surface area (Å²) < 4.78 is 32.0. The van der Waals surface area contributed by atoms with Crippen LogP contribution in [0.15, 0.2) is 42.7 Å². The van der Waals surface area contributed by atoms with Crippen molar-refractivity contribution in [2.75, 3.05) is 12.4 Å². The minimum absolute atomic E-state index is 0.167. The van der Waals surface area contributed by atoms with E-state index in [2.05, 4.69) is 47.3 Å². The molecular formula is C25H16ClF2N7O2S. The van der Waals surface area contributed by atoms with Gasteiger partial charge in [0.05, 0.1) is 19.5 Å². The number of aryl methyl sites for hydroxylation is 1. The molecule has 2 N–H and O–H groups in total. The first-order valence-electron chi connectivity index (χ1n) is 10.9. The van der Waals surface area contributed by atoms with Crippen LogP contribution < -0.4 is 10.1 Å². The molecule has 0 aliphatic carbocycles. The third-order valence-corrected chi connectivity index (χ3v) is 6.31. The number of H-pyrrole nitrogens is 1. The largest absolute Gasteiger partial charge is 0.494 e. The standard InChI is InChI=1S/C25H16ClF2N7O2S/c1-12-7-14(35-34-12)4-5-15-10-30-22-24(31-15)38-25(32-22)33-23(36)16-6-3-13(26)8-17(16)18-9-19(21(27)28)29-11-20(18)37-2/h3,6-11,21H,1-2H3,(H,34,35)(H,30,32,33,36). The third-order valence-electron chi connectivity index (χ3n) is 5.22. The Labute approximate surface area is 223 Å². The second kappa shape index (κ2) is 10.5. The summed E-state index contributed by atoms with van der Waals surface area (Å²) in [5, 5.41) is 10.1. The van der Waals surface area contributed by atoms with E-state index in [1.54, 1.807) is 6.07 Å². The third kappa shape index (κ3) is 5.29. The number of fused-ring (bicyclic) bond motifs is 1. The Bertz CT molecular complexity index is 1740. The number of anilines is 1. The summed E-state index contributed by atoms with van der Waals surface area (Å²) in [6, 6.07) is 7.49. The highest BCUT2D eigenvalue weighted by Gasteiger charge is 2.21. The van der Waals surface area contributed by atoms with E-state index < -0.39 is 18.0 Å². The van der Waals surface area contributed by atoms with E-state index >= 15 is 0 Å². The first kappa shape index (κ1) is 25.2. The number of thiazole rings is 1. The summed E-state index contributed by atoms with van der Waals surface area (Å²) in [5.74, 6) is 5.47. The number of hydrogen-bond acceptors (Lipinski definition) is 8. The van der Waals surface area contributed by atoms with Gasteiger partial charge >= 0.3 is 0 Å². The average molecular weight is 552 g/mol. The van der Waals surface area contributed by atoms with Crippen molar-refractivity contribution in [3.8, 4) is 28.7 Å². The van der Waals surface area contributed by atoms with E-state index in [4.69, 9.17) is 16.3 Å². The summed E-state index contributed by atoms with van der Waals surface area (Å²) in [7, 11) is 1.38. The second-order valence-electron chi connectivity index (χ2n) is 7.84. The van der Waals surface area contributed by atoms with Crippen LogP contribution in [-0.4, -0.2) is 43.2 Å². The van der Waals surface area contributed by atoms with Gasteiger partial charge in [-0.3, -0.25) is 20.2 Å². The van der Waals surface area contributed by atoms with Crippen molar-refractivity contribution in [1.29, 1.82) is 0 Å². The molecule has 4 aromatic heterocycles. The molecule has 5 rings (SSSR count). The Morgan fingerprint density at radius 1 is 1.11 bits per heavy atom. The molecule has 0 bridgehead atoms. The van der Waals surface area contributed by atoms with Gasteiger partial charge < -0.3 is 4.74 Å². The smallest absolute Gasteiger partial charge is 0.280 e. The lowest BCUT2D eigenvalue weighted by molar-refractivity contribution is 0.102. The number of carbonyl (C=O) groups excluding carboxylic acids is 1. The van der Waals surface area contributed by atoms with Gasteiger partial charge in [0, 0.05) is 21.8 Å². The molecule has 0 saturated heterocycles. The van der Waals surface area contributed by atoms with Crippen molar-refractivity contribution >= 4 is 44.5 Å². The number of amides is 1. The highest BCUT2D eigenvalue weighted by Crippen LogP contribution is 2.36. The highest BCUT2D eigenvalue weighted by molar-refractivity contribution is 7.21. The molecule has 1 amide bonds. The fraction of sp³-hybridized carbons (Fsp3) is 0.120. The van der Waals surface area contributed by atoms with Gasteiger partial charge in [-0.05, 0) is 54.7 Å². The average Bonchev–Trinajstić information content (AvgIpc) is 3.51. The maximum Gasteiger partial charge on any atom is 0.280 e. The Balaban J connectivity index is 1.45. The minimum atomic E-state index is -2.81. The molecule has 0 unspecified atom stereocenters. The molecule has 0 aliphatic heterocycles. The molecule has 38 heavy (non-hydrogen) atoms. The normalized spacial score (nSPS) is 10.9. The van der Waals surface area contributed by atoms with Gasteiger partial charge in [-0.15, -0.1) is 0 Å². The number of methoxy groups -OCH3 is 1. The van der Waals surface area contributed by atoms with Crippen molar-refractivity contribution in [3.63, 3.8) is 0 Å². The van der Waals surface area contributed by atoms with Gasteiger partial charge in [-0.2, -0.15) is 10.1 Å². The molecule has 13 heteroatoms. The van der Waals surface area contributed by atoms with Crippen LogP contribution in [0.5, 0.6) is 5.75 Å². The monoisotopic (exact) mass is 551 g/mol. The van der Waals surface area contributed by atoms with Gasteiger partial charge in [0.1, 0.15) is 22.8 Å². The summed E-state index contributed by atoms with van der Waals surface area (Å²) in [6.07, 6.45) is -0.150. The number of nitrogens with one attached hydrogen (secondary N) is 2. The van der Waals surface area contributed by atoms with Gasteiger partial charge in [0.2, 0.25) is 0 Å². The van der Waals surface area contributed by atoms with Crippen LogP contribution in [0.3, 0.4) is 0 Å². The van der Waals surface area contributed by atoms with Gasteiger partial charge in [0.25, 0.3) is 12.3 Å².